The Labute approximate surface area is 184 Å². The second kappa shape index (κ2) is 10.7. The van der Waals surface area contributed by atoms with Crippen molar-refractivity contribution in [3.8, 4) is 0 Å². The summed E-state index contributed by atoms with van der Waals surface area (Å²) >= 11 is 1.67. The van der Waals surface area contributed by atoms with Gasteiger partial charge in [0.1, 0.15) is 0 Å². The van der Waals surface area contributed by atoms with Gasteiger partial charge in [0, 0.05) is 30.6 Å². The molecule has 0 spiro atoms. The zero-order valence-electron chi connectivity index (χ0n) is 17.7. The van der Waals surface area contributed by atoms with E-state index in [-0.39, 0.29) is 0 Å². The van der Waals surface area contributed by atoms with E-state index in [9.17, 15) is 0 Å². The summed E-state index contributed by atoms with van der Waals surface area (Å²) in [7, 11) is 0. The second-order valence-corrected chi connectivity index (χ2v) is 9.00. The van der Waals surface area contributed by atoms with Crippen LogP contribution in [0.3, 0.4) is 0 Å². The first-order valence-electron chi connectivity index (χ1n) is 10.9. The summed E-state index contributed by atoms with van der Waals surface area (Å²) in [5, 5.41) is 0.863. The highest BCUT2D eigenvalue weighted by Gasteiger charge is 2.24. The standard InChI is InChI=1S/C25H30N4S/c1-20-17-27-25(30-19-23-13-5-6-14-26-23)28-24(20)22-12-8-16-29(18-22)15-7-11-21-9-3-2-4-10-21/h2-6,9-10,13-14,17,22H,7-8,11-12,15-16,18-19H2,1H3/t22-/m1/s1. The van der Waals surface area contributed by atoms with Crippen molar-refractivity contribution in [3.05, 3.63) is 83.4 Å². The number of rotatable bonds is 8. The number of thioether (sulfide) groups is 1. The summed E-state index contributed by atoms with van der Waals surface area (Å²) in [4.78, 5) is 16.6. The van der Waals surface area contributed by atoms with Crippen molar-refractivity contribution in [2.45, 2.75) is 49.4 Å². The molecule has 4 nitrogen and oxygen atoms in total. The highest BCUT2D eigenvalue weighted by atomic mass is 32.2. The van der Waals surface area contributed by atoms with E-state index >= 15 is 0 Å². The minimum atomic E-state index is 0.507. The molecule has 2 aromatic heterocycles. The maximum Gasteiger partial charge on any atom is 0.188 e. The van der Waals surface area contributed by atoms with Gasteiger partial charge in [-0.2, -0.15) is 0 Å². The van der Waals surface area contributed by atoms with Gasteiger partial charge in [-0.15, -0.1) is 0 Å². The summed E-state index contributed by atoms with van der Waals surface area (Å²) in [6, 6.07) is 16.8. The van der Waals surface area contributed by atoms with Crippen LogP contribution in [0, 0.1) is 6.92 Å². The van der Waals surface area contributed by atoms with Gasteiger partial charge in [-0.3, -0.25) is 4.98 Å². The Morgan fingerprint density at radius 1 is 1.07 bits per heavy atom. The number of hydrogen-bond acceptors (Lipinski definition) is 5. The third-order valence-corrected chi connectivity index (χ3v) is 6.63. The molecule has 0 saturated carbocycles. The molecule has 4 rings (SSSR count). The molecule has 1 fully saturated rings. The lowest BCUT2D eigenvalue weighted by atomic mass is 9.92. The molecule has 5 heteroatoms. The van der Waals surface area contributed by atoms with Crippen LogP contribution in [-0.4, -0.2) is 39.5 Å². The number of hydrogen-bond donors (Lipinski definition) is 0. The molecule has 0 radical (unpaired) electrons. The van der Waals surface area contributed by atoms with Crippen LogP contribution in [0.25, 0.3) is 0 Å². The largest absolute Gasteiger partial charge is 0.303 e. The van der Waals surface area contributed by atoms with Crippen LogP contribution < -0.4 is 0 Å². The molecule has 1 aromatic carbocycles. The number of pyridine rings is 1. The van der Waals surface area contributed by atoms with E-state index in [0.29, 0.717) is 5.92 Å². The number of aromatic nitrogens is 3. The number of aryl methyl sites for hydroxylation is 2. The Balaban J connectivity index is 1.34. The van der Waals surface area contributed by atoms with Crippen molar-refractivity contribution in [2.75, 3.05) is 19.6 Å². The Morgan fingerprint density at radius 2 is 1.93 bits per heavy atom. The van der Waals surface area contributed by atoms with Crippen LogP contribution in [0.1, 0.15) is 47.7 Å². The maximum absolute atomic E-state index is 4.97. The normalized spacial score (nSPS) is 17.2. The zero-order valence-corrected chi connectivity index (χ0v) is 18.5. The van der Waals surface area contributed by atoms with Crippen LogP contribution in [-0.2, 0) is 12.2 Å². The van der Waals surface area contributed by atoms with E-state index < -0.39 is 0 Å². The van der Waals surface area contributed by atoms with Crippen molar-refractivity contribution in [1.29, 1.82) is 0 Å². The summed E-state index contributed by atoms with van der Waals surface area (Å²) in [6.07, 6.45) is 8.67. The first-order chi connectivity index (χ1) is 14.8. The molecule has 0 N–H and O–H groups in total. The SMILES string of the molecule is Cc1cnc(SCc2ccccn2)nc1[C@@H]1CCCN(CCCc2ccccc2)C1. The van der Waals surface area contributed by atoms with E-state index in [1.165, 1.54) is 42.6 Å². The fourth-order valence-electron chi connectivity index (χ4n) is 4.18. The Kier molecular flexibility index (Phi) is 7.49. The van der Waals surface area contributed by atoms with Gasteiger partial charge in [-0.25, -0.2) is 9.97 Å². The maximum atomic E-state index is 4.97. The molecule has 0 bridgehead atoms. The van der Waals surface area contributed by atoms with Gasteiger partial charge in [0.25, 0.3) is 0 Å². The third kappa shape index (κ3) is 5.89. The minimum absolute atomic E-state index is 0.507. The molecule has 0 aliphatic carbocycles. The number of nitrogens with zero attached hydrogens (tertiary/aromatic N) is 4. The number of benzene rings is 1. The van der Waals surface area contributed by atoms with Gasteiger partial charge >= 0.3 is 0 Å². The molecule has 3 heterocycles. The highest BCUT2D eigenvalue weighted by Crippen LogP contribution is 2.29. The predicted octanol–water partition coefficient (Wildman–Crippen LogP) is 5.28. The van der Waals surface area contributed by atoms with Crippen LogP contribution in [0.5, 0.6) is 0 Å². The van der Waals surface area contributed by atoms with E-state index in [0.717, 1.165) is 36.1 Å². The predicted molar refractivity (Wildman–Crippen MR) is 124 cm³/mol. The van der Waals surface area contributed by atoms with Crippen molar-refractivity contribution >= 4 is 11.8 Å². The summed E-state index contributed by atoms with van der Waals surface area (Å²) in [5.74, 6) is 1.31. The number of likely N-dealkylation sites (tertiary alicyclic amines) is 1. The highest BCUT2D eigenvalue weighted by molar-refractivity contribution is 7.98. The topological polar surface area (TPSA) is 41.9 Å². The van der Waals surface area contributed by atoms with Gasteiger partial charge in [0.2, 0.25) is 0 Å². The molecule has 1 aliphatic heterocycles. The molecule has 1 atom stereocenters. The van der Waals surface area contributed by atoms with E-state index in [1.807, 2.05) is 24.5 Å². The molecule has 1 saturated heterocycles. The van der Waals surface area contributed by atoms with Crippen LogP contribution in [0.2, 0.25) is 0 Å². The molecular formula is C25H30N4S. The van der Waals surface area contributed by atoms with Crippen LogP contribution >= 0.6 is 11.8 Å². The lowest BCUT2D eigenvalue weighted by molar-refractivity contribution is 0.203. The Bertz CT molecular complexity index is 917. The van der Waals surface area contributed by atoms with Gasteiger partial charge in [0.05, 0.1) is 11.4 Å². The van der Waals surface area contributed by atoms with Crippen LogP contribution in [0.15, 0.2) is 66.1 Å². The third-order valence-electron chi connectivity index (χ3n) is 5.74. The zero-order chi connectivity index (χ0) is 20.6. The van der Waals surface area contributed by atoms with Crippen molar-refractivity contribution < 1.29 is 0 Å². The first kappa shape index (κ1) is 21.0. The quantitative estimate of drug-likeness (QED) is 0.367. The Morgan fingerprint density at radius 3 is 2.77 bits per heavy atom. The van der Waals surface area contributed by atoms with E-state index in [2.05, 4.69) is 58.2 Å². The summed E-state index contributed by atoms with van der Waals surface area (Å²) < 4.78 is 0. The minimum Gasteiger partial charge on any atom is -0.303 e. The second-order valence-electron chi connectivity index (χ2n) is 8.06. The summed E-state index contributed by atoms with van der Waals surface area (Å²) in [5.41, 5.74) is 4.96. The number of piperidine rings is 1. The lowest BCUT2D eigenvalue weighted by Gasteiger charge is -2.33. The lowest BCUT2D eigenvalue weighted by Crippen LogP contribution is -2.35. The van der Waals surface area contributed by atoms with Crippen LogP contribution in [0.4, 0.5) is 0 Å². The molecule has 3 aromatic rings. The molecule has 0 amide bonds. The van der Waals surface area contributed by atoms with Gasteiger partial charge in [0.15, 0.2) is 5.16 Å². The fraction of sp³-hybridized carbons (Fsp3) is 0.400. The Hall–Kier alpha value is -2.24. The fourth-order valence-corrected chi connectivity index (χ4v) is 4.91. The summed E-state index contributed by atoms with van der Waals surface area (Å²) in [6.45, 7) is 5.63. The van der Waals surface area contributed by atoms with Crippen molar-refractivity contribution in [2.24, 2.45) is 0 Å². The van der Waals surface area contributed by atoms with Gasteiger partial charge in [-0.05, 0) is 69.0 Å². The first-order valence-corrected chi connectivity index (χ1v) is 11.9. The molecular weight excluding hydrogens is 388 g/mol. The molecule has 0 unspecified atom stereocenters. The smallest absolute Gasteiger partial charge is 0.188 e. The monoisotopic (exact) mass is 418 g/mol. The molecule has 30 heavy (non-hydrogen) atoms. The van der Waals surface area contributed by atoms with Crippen molar-refractivity contribution in [3.63, 3.8) is 0 Å². The van der Waals surface area contributed by atoms with Gasteiger partial charge in [-0.1, -0.05) is 48.2 Å². The van der Waals surface area contributed by atoms with E-state index in [4.69, 9.17) is 4.98 Å². The van der Waals surface area contributed by atoms with Gasteiger partial charge < -0.3 is 4.90 Å². The van der Waals surface area contributed by atoms with E-state index in [1.54, 1.807) is 11.8 Å². The van der Waals surface area contributed by atoms with Crippen molar-refractivity contribution in [1.82, 2.24) is 19.9 Å². The molecule has 1 aliphatic rings. The average molecular weight is 419 g/mol. The average Bonchev–Trinajstić information content (AvgIpc) is 2.80. The molecule has 156 valence electrons.